The maximum absolute atomic E-state index is 13.9. The van der Waals surface area contributed by atoms with E-state index in [0.717, 1.165) is 25.9 Å². The molecule has 26 heavy (non-hydrogen) atoms. The number of hydrogen-bond donors (Lipinski definition) is 2. The molecule has 1 aliphatic heterocycles. The molecular formula is C17H23FN4O3S. The van der Waals surface area contributed by atoms with E-state index in [0.29, 0.717) is 6.61 Å². The highest BCUT2D eigenvalue weighted by Gasteiger charge is 2.33. The van der Waals surface area contributed by atoms with Crippen molar-refractivity contribution in [1.29, 1.82) is 0 Å². The maximum Gasteiger partial charge on any atom is 0.243 e. The average Bonchev–Trinajstić information content (AvgIpc) is 3.13. The highest BCUT2D eigenvalue weighted by atomic mass is 32.2. The summed E-state index contributed by atoms with van der Waals surface area (Å²) in [6.07, 6.45) is 4.20. The molecule has 0 saturated carbocycles. The van der Waals surface area contributed by atoms with Gasteiger partial charge in [-0.1, -0.05) is 12.1 Å². The Bertz CT molecular complexity index is 842. The summed E-state index contributed by atoms with van der Waals surface area (Å²) < 4.78 is 48.3. The standard InChI is InChI=1S/C17H23FN4O3S/c1-25-13-17(6-8-19-9-7-17)12-21-26(23,24)14-10-20-22(11-14)16-5-3-2-4-15(16)18/h2-5,10-11,19,21H,6-9,12-13H2,1H3. The van der Waals surface area contributed by atoms with Crippen molar-refractivity contribution in [2.75, 3.05) is 33.4 Å². The number of ether oxygens (including phenoxy) is 1. The van der Waals surface area contributed by atoms with Gasteiger partial charge in [0, 0.05) is 19.1 Å². The van der Waals surface area contributed by atoms with Gasteiger partial charge in [0.1, 0.15) is 16.4 Å². The lowest BCUT2D eigenvalue weighted by Crippen LogP contribution is -2.47. The zero-order valence-electron chi connectivity index (χ0n) is 14.6. The quantitative estimate of drug-likeness (QED) is 0.754. The van der Waals surface area contributed by atoms with Crippen molar-refractivity contribution in [1.82, 2.24) is 19.8 Å². The van der Waals surface area contributed by atoms with E-state index in [1.165, 1.54) is 29.2 Å². The van der Waals surface area contributed by atoms with E-state index < -0.39 is 15.8 Å². The Morgan fingerprint density at radius 2 is 2.08 bits per heavy atom. The van der Waals surface area contributed by atoms with E-state index in [2.05, 4.69) is 15.1 Å². The number of para-hydroxylation sites is 1. The van der Waals surface area contributed by atoms with Gasteiger partial charge in [0.15, 0.2) is 0 Å². The molecule has 7 nitrogen and oxygen atoms in total. The second kappa shape index (κ2) is 7.83. The first kappa shape index (κ1) is 19.0. The van der Waals surface area contributed by atoms with E-state index >= 15 is 0 Å². The van der Waals surface area contributed by atoms with Crippen LogP contribution < -0.4 is 10.0 Å². The number of methoxy groups -OCH3 is 1. The van der Waals surface area contributed by atoms with Crippen LogP contribution in [0, 0.1) is 11.2 Å². The molecule has 0 unspecified atom stereocenters. The molecule has 1 aromatic heterocycles. The topological polar surface area (TPSA) is 85.2 Å². The number of rotatable bonds is 7. The molecule has 2 aromatic rings. The van der Waals surface area contributed by atoms with E-state index in [9.17, 15) is 12.8 Å². The second-order valence-electron chi connectivity index (χ2n) is 6.58. The minimum absolute atomic E-state index is 0.00209. The van der Waals surface area contributed by atoms with E-state index in [-0.39, 0.29) is 22.5 Å². The monoisotopic (exact) mass is 382 g/mol. The summed E-state index contributed by atoms with van der Waals surface area (Å²) in [4.78, 5) is 0.00209. The van der Waals surface area contributed by atoms with Crippen molar-refractivity contribution in [2.24, 2.45) is 5.41 Å². The Hall–Kier alpha value is -1.81. The first-order valence-corrected chi connectivity index (χ1v) is 9.93. The maximum atomic E-state index is 13.9. The minimum Gasteiger partial charge on any atom is -0.384 e. The van der Waals surface area contributed by atoms with Gasteiger partial charge in [0.25, 0.3) is 0 Å². The van der Waals surface area contributed by atoms with Gasteiger partial charge in [0.05, 0.1) is 19.0 Å². The molecule has 0 amide bonds. The van der Waals surface area contributed by atoms with Gasteiger partial charge >= 0.3 is 0 Å². The second-order valence-corrected chi connectivity index (χ2v) is 8.35. The summed E-state index contributed by atoms with van der Waals surface area (Å²) in [6, 6.07) is 6.07. The van der Waals surface area contributed by atoms with Crippen LogP contribution in [0.1, 0.15) is 12.8 Å². The molecule has 1 aliphatic rings. The molecule has 0 bridgehead atoms. The lowest BCUT2D eigenvalue weighted by molar-refractivity contribution is 0.0577. The van der Waals surface area contributed by atoms with Crippen LogP contribution in [-0.4, -0.2) is 51.5 Å². The molecule has 1 aromatic carbocycles. The number of nitrogens with one attached hydrogen (secondary N) is 2. The Morgan fingerprint density at radius 1 is 1.35 bits per heavy atom. The van der Waals surface area contributed by atoms with Gasteiger partial charge in [-0.25, -0.2) is 22.2 Å². The predicted octanol–water partition coefficient (Wildman–Crippen LogP) is 1.31. The van der Waals surface area contributed by atoms with Crippen LogP contribution in [0.2, 0.25) is 0 Å². The van der Waals surface area contributed by atoms with Crippen molar-refractivity contribution < 1.29 is 17.5 Å². The number of piperidine rings is 1. The Morgan fingerprint density at radius 3 is 2.77 bits per heavy atom. The number of hydrogen-bond acceptors (Lipinski definition) is 5. The van der Waals surface area contributed by atoms with Crippen molar-refractivity contribution >= 4 is 10.0 Å². The fourth-order valence-corrected chi connectivity index (χ4v) is 4.27. The van der Waals surface area contributed by atoms with Crippen molar-refractivity contribution in [2.45, 2.75) is 17.7 Å². The molecule has 0 spiro atoms. The zero-order chi connectivity index (χ0) is 18.6. The molecule has 0 aliphatic carbocycles. The highest BCUT2D eigenvalue weighted by Crippen LogP contribution is 2.29. The summed E-state index contributed by atoms with van der Waals surface area (Å²) in [6.45, 7) is 2.44. The van der Waals surface area contributed by atoms with Crippen LogP contribution >= 0.6 is 0 Å². The van der Waals surface area contributed by atoms with Crippen molar-refractivity contribution in [3.05, 3.63) is 42.5 Å². The van der Waals surface area contributed by atoms with Crippen LogP contribution in [0.25, 0.3) is 5.69 Å². The van der Waals surface area contributed by atoms with Crippen LogP contribution in [0.5, 0.6) is 0 Å². The molecule has 3 rings (SSSR count). The lowest BCUT2D eigenvalue weighted by Gasteiger charge is -2.37. The molecule has 2 N–H and O–H groups in total. The Labute approximate surface area is 152 Å². The van der Waals surface area contributed by atoms with E-state index in [1.807, 2.05) is 0 Å². The molecule has 0 radical (unpaired) electrons. The summed E-state index contributed by atoms with van der Waals surface area (Å²) >= 11 is 0. The normalized spacial score (nSPS) is 17.3. The predicted molar refractivity (Wildman–Crippen MR) is 95.1 cm³/mol. The minimum atomic E-state index is -3.75. The van der Waals surface area contributed by atoms with Crippen LogP contribution in [0.3, 0.4) is 0 Å². The Kier molecular flexibility index (Phi) is 5.71. The van der Waals surface area contributed by atoms with E-state index in [1.54, 1.807) is 19.2 Å². The number of sulfonamides is 1. The van der Waals surface area contributed by atoms with Gasteiger partial charge in [-0.15, -0.1) is 0 Å². The van der Waals surface area contributed by atoms with Crippen molar-refractivity contribution in [3.63, 3.8) is 0 Å². The van der Waals surface area contributed by atoms with Crippen molar-refractivity contribution in [3.8, 4) is 5.69 Å². The molecule has 1 saturated heterocycles. The third-order valence-corrected chi connectivity index (χ3v) is 6.08. The van der Waals surface area contributed by atoms with Crippen LogP contribution in [0.15, 0.2) is 41.6 Å². The fourth-order valence-electron chi connectivity index (χ4n) is 3.18. The molecular weight excluding hydrogens is 359 g/mol. The number of halogens is 1. The highest BCUT2D eigenvalue weighted by molar-refractivity contribution is 7.89. The Balaban J connectivity index is 1.75. The van der Waals surface area contributed by atoms with Crippen LogP contribution in [0.4, 0.5) is 4.39 Å². The number of nitrogens with zero attached hydrogens (tertiary/aromatic N) is 2. The first-order chi connectivity index (χ1) is 12.5. The number of aromatic nitrogens is 2. The summed E-state index contributed by atoms with van der Waals surface area (Å²) in [5, 5.41) is 7.26. The molecule has 142 valence electrons. The summed E-state index contributed by atoms with van der Waals surface area (Å²) in [5.74, 6) is -0.471. The smallest absolute Gasteiger partial charge is 0.243 e. The molecule has 2 heterocycles. The third kappa shape index (κ3) is 4.12. The third-order valence-electron chi connectivity index (χ3n) is 4.72. The van der Waals surface area contributed by atoms with Crippen LogP contribution in [-0.2, 0) is 14.8 Å². The summed E-state index contributed by atoms with van der Waals surface area (Å²) in [5.41, 5.74) is -0.0302. The first-order valence-electron chi connectivity index (χ1n) is 8.45. The number of benzene rings is 1. The van der Waals surface area contributed by atoms with Gasteiger partial charge < -0.3 is 10.1 Å². The van der Waals surface area contributed by atoms with Gasteiger partial charge in [-0.2, -0.15) is 5.10 Å². The summed E-state index contributed by atoms with van der Waals surface area (Å²) in [7, 11) is -2.13. The van der Waals surface area contributed by atoms with Gasteiger partial charge in [-0.3, -0.25) is 0 Å². The zero-order valence-corrected chi connectivity index (χ0v) is 15.4. The molecule has 9 heteroatoms. The van der Waals surface area contributed by atoms with E-state index in [4.69, 9.17) is 4.74 Å². The average molecular weight is 382 g/mol. The molecule has 1 fully saturated rings. The van der Waals surface area contributed by atoms with Gasteiger partial charge in [0.2, 0.25) is 10.0 Å². The SMILES string of the molecule is COCC1(CNS(=O)(=O)c2cnn(-c3ccccc3F)c2)CCNCC1. The lowest BCUT2D eigenvalue weighted by atomic mass is 9.80. The largest absolute Gasteiger partial charge is 0.384 e. The van der Waals surface area contributed by atoms with Gasteiger partial charge in [-0.05, 0) is 38.1 Å². The fraction of sp³-hybridized carbons (Fsp3) is 0.471. The molecule has 0 atom stereocenters.